The minimum absolute atomic E-state index is 0. The smallest absolute Gasteiger partial charge is 0.255 e. The van der Waals surface area contributed by atoms with E-state index in [0.29, 0.717) is 28.1 Å². The van der Waals surface area contributed by atoms with Crippen molar-refractivity contribution in [2.24, 2.45) is 5.92 Å². The highest BCUT2D eigenvalue weighted by Gasteiger charge is 2.39. The SMILES string of the molecule is CNCC1CCN(C(=O)C2CSCN2C(=O)c2ccc(Cl)cc2)C1.Cl. The molecule has 2 unspecified atom stereocenters. The van der Waals surface area contributed by atoms with Gasteiger partial charge in [-0.05, 0) is 50.2 Å². The Kier molecular flexibility index (Phi) is 7.43. The lowest BCUT2D eigenvalue weighted by Crippen LogP contribution is -2.48. The molecule has 138 valence electrons. The van der Waals surface area contributed by atoms with Gasteiger partial charge in [-0.1, -0.05) is 11.6 Å². The van der Waals surface area contributed by atoms with Gasteiger partial charge in [0.2, 0.25) is 5.91 Å². The van der Waals surface area contributed by atoms with Crippen LogP contribution in [0.15, 0.2) is 24.3 Å². The van der Waals surface area contributed by atoms with Crippen LogP contribution in [0.3, 0.4) is 0 Å². The van der Waals surface area contributed by atoms with Gasteiger partial charge in [0.25, 0.3) is 5.91 Å². The Bertz CT molecular complexity index is 614. The number of hydrogen-bond donors (Lipinski definition) is 1. The fraction of sp³-hybridized carbons (Fsp3) is 0.529. The Labute approximate surface area is 163 Å². The number of rotatable bonds is 4. The largest absolute Gasteiger partial charge is 0.341 e. The molecular formula is C17H23Cl2N3O2S. The first-order chi connectivity index (χ1) is 11.6. The monoisotopic (exact) mass is 403 g/mol. The van der Waals surface area contributed by atoms with Gasteiger partial charge in [0.1, 0.15) is 6.04 Å². The second-order valence-electron chi connectivity index (χ2n) is 6.29. The minimum atomic E-state index is -0.355. The first-order valence-electron chi connectivity index (χ1n) is 8.18. The molecule has 0 aromatic heterocycles. The van der Waals surface area contributed by atoms with Gasteiger partial charge in [0.15, 0.2) is 0 Å². The van der Waals surface area contributed by atoms with Crippen molar-refractivity contribution in [2.45, 2.75) is 12.5 Å². The van der Waals surface area contributed by atoms with Crippen molar-refractivity contribution < 1.29 is 9.59 Å². The number of benzene rings is 1. The van der Waals surface area contributed by atoms with E-state index in [1.807, 2.05) is 11.9 Å². The number of halogens is 2. The lowest BCUT2D eigenvalue weighted by molar-refractivity contribution is -0.133. The molecule has 0 radical (unpaired) electrons. The van der Waals surface area contributed by atoms with Gasteiger partial charge in [-0.25, -0.2) is 0 Å². The summed E-state index contributed by atoms with van der Waals surface area (Å²) in [5.41, 5.74) is 0.578. The van der Waals surface area contributed by atoms with E-state index in [-0.39, 0.29) is 30.3 Å². The third kappa shape index (κ3) is 4.61. The maximum absolute atomic E-state index is 12.9. The van der Waals surface area contributed by atoms with Gasteiger partial charge in [0, 0.05) is 29.4 Å². The number of nitrogens with one attached hydrogen (secondary N) is 1. The molecule has 5 nitrogen and oxygen atoms in total. The van der Waals surface area contributed by atoms with Gasteiger partial charge in [-0.3, -0.25) is 9.59 Å². The summed E-state index contributed by atoms with van der Waals surface area (Å²) in [4.78, 5) is 29.2. The molecule has 25 heavy (non-hydrogen) atoms. The maximum atomic E-state index is 12.9. The number of likely N-dealkylation sites (tertiary alicyclic amines) is 1. The molecule has 1 aromatic carbocycles. The number of carbonyl (C=O) groups is 2. The zero-order chi connectivity index (χ0) is 17.1. The second kappa shape index (κ2) is 9.12. The van der Waals surface area contributed by atoms with Crippen LogP contribution < -0.4 is 5.32 Å². The summed E-state index contributed by atoms with van der Waals surface area (Å²) in [7, 11) is 1.94. The van der Waals surface area contributed by atoms with E-state index < -0.39 is 0 Å². The first-order valence-corrected chi connectivity index (χ1v) is 9.71. The van der Waals surface area contributed by atoms with Crippen molar-refractivity contribution in [1.29, 1.82) is 0 Å². The van der Waals surface area contributed by atoms with Crippen LogP contribution in [0.1, 0.15) is 16.8 Å². The molecule has 1 aromatic rings. The summed E-state index contributed by atoms with van der Waals surface area (Å²) >= 11 is 7.52. The van der Waals surface area contributed by atoms with Crippen molar-refractivity contribution in [1.82, 2.24) is 15.1 Å². The summed E-state index contributed by atoms with van der Waals surface area (Å²) in [5, 5.41) is 3.77. The minimum Gasteiger partial charge on any atom is -0.341 e. The molecule has 2 atom stereocenters. The molecule has 2 amide bonds. The fourth-order valence-corrected chi connectivity index (χ4v) is 4.58. The molecule has 2 aliphatic rings. The molecule has 1 N–H and O–H groups in total. The van der Waals surface area contributed by atoms with Crippen molar-refractivity contribution in [2.75, 3.05) is 38.3 Å². The molecule has 2 heterocycles. The average molecular weight is 404 g/mol. The van der Waals surface area contributed by atoms with Crippen LogP contribution in [0.5, 0.6) is 0 Å². The standard InChI is InChI=1S/C17H22ClN3O2S.ClH/c1-19-8-12-6-7-20(9-12)17(23)15-10-24-11-21(15)16(22)13-2-4-14(18)5-3-13;/h2-5,12,15,19H,6-11H2,1H3;1H. The number of hydrogen-bond acceptors (Lipinski definition) is 4. The number of amides is 2. The van der Waals surface area contributed by atoms with Crippen LogP contribution in [0, 0.1) is 5.92 Å². The molecule has 0 aliphatic carbocycles. The normalized spacial score (nSPS) is 22.8. The number of thioether (sulfide) groups is 1. The summed E-state index contributed by atoms with van der Waals surface area (Å²) in [6.07, 6.45) is 1.03. The van der Waals surface area contributed by atoms with Crippen LogP contribution >= 0.6 is 35.8 Å². The predicted octanol–water partition coefficient (Wildman–Crippen LogP) is 2.34. The van der Waals surface area contributed by atoms with E-state index in [9.17, 15) is 9.59 Å². The number of carbonyl (C=O) groups excluding carboxylic acids is 2. The Morgan fingerprint density at radius 2 is 2.04 bits per heavy atom. The third-order valence-electron chi connectivity index (χ3n) is 4.61. The van der Waals surface area contributed by atoms with Crippen LogP contribution in [0.2, 0.25) is 5.02 Å². The van der Waals surface area contributed by atoms with Crippen molar-refractivity contribution in [3.8, 4) is 0 Å². The molecule has 2 fully saturated rings. The predicted molar refractivity (Wildman–Crippen MR) is 105 cm³/mol. The van der Waals surface area contributed by atoms with Crippen molar-refractivity contribution >= 4 is 47.6 Å². The highest BCUT2D eigenvalue weighted by molar-refractivity contribution is 7.99. The van der Waals surface area contributed by atoms with Gasteiger partial charge < -0.3 is 15.1 Å². The second-order valence-corrected chi connectivity index (χ2v) is 7.73. The Morgan fingerprint density at radius 1 is 1.32 bits per heavy atom. The Balaban J connectivity index is 0.00000225. The lowest BCUT2D eigenvalue weighted by Gasteiger charge is -2.27. The molecule has 0 saturated carbocycles. The van der Waals surface area contributed by atoms with E-state index >= 15 is 0 Å². The van der Waals surface area contributed by atoms with Gasteiger partial charge in [-0.2, -0.15) is 0 Å². The highest BCUT2D eigenvalue weighted by atomic mass is 35.5. The lowest BCUT2D eigenvalue weighted by atomic mass is 10.1. The van der Waals surface area contributed by atoms with E-state index in [4.69, 9.17) is 11.6 Å². The molecule has 3 rings (SSSR count). The third-order valence-corrected chi connectivity index (χ3v) is 5.87. The average Bonchev–Trinajstić information content (AvgIpc) is 3.24. The summed E-state index contributed by atoms with van der Waals surface area (Å²) in [6.45, 7) is 2.50. The first kappa shape index (κ1) is 20.4. The Hall–Kier alpha value is -0.950. The topological polar surface area (TPSA) is 52.7 Å². The van der Waals surface area contributed by atoms with E-state index in [2.05, 4.69) is 5.32 Å². The van der Waals surface area contributed by atoms with Crippen molar-refractivity contribution in [3.63, 3.8) is 0 Å². The molecule has 8 heteroatoms. The van der Waals surface area contributed by atoms with Gasteiger partial charge in [0.05, 0.1) is 5.88 Å². The van der Waals surface area contributed by atoms with Crippen LogP contribution in [-0.2, 0) is 4.79 Å². The highest BCUT2D eigenvalue weighted by Crippen LogP contribution is 2.27. The molecule has 2 aliphatic heterocycles. The zero-order valence-electron chi connectivity index (χ0n) is 14.1. The van der Waals surface area contributed by atoms with E-state index in [1.165, 1.54) is 0 Å². The van der Waals surface area contributed by atoms with Crippen LogP contribution in [0.25, 0.3) is 0 Å². The fourth-order valence-electron chi connectivity index (χ4n) is 3.30. The van der Waals surface area contributed by atoms with Crippen molar-refractivity contribution in [3.05, 3.63) is 34.9 Å². The molecule has 2 saturated heterocycles. The van der Waals surface area contributed by atoms with E-state index in [1.54, 1.807) is 40.9 Å². The van der Waals surface area contributed by atoms with Gasteiger partial charge in [-0.15, -0.1) is 24.2 Å². The zero-order valence-corrected chi connectivity index (χ0v) is 16.5. The molecular weight excluding hydrogens is 381 g/mol. The van der Waals surface area contributed by atoms with E-state index in [0.717, 1.165) is 26.1 Å². The summed E-state index contributed by atoms with van der Waals surface area (Å²) in [6, 6.07) is 6.49. The van der Waals surface area contributed by atoms with Crippen LogP contribution in [-0.4, -0.2) is 66.0 Å². The summed E-state index contributed by atoms with van der Waals surface area (Å²) < 4.78 is 0. The quantitative estimate of drug-likeness (QED) is 0.837. The Morgan fingerprint density at radius 3 is 2.72 bits per heavy atom. The summed E-state index contributed by atoms with van der Waals surface area (Å²) in [5.74, 6) is 1.73. The van der Waals surface area contributed by atoms with Crippen LogP contribution in [0.4, 0.5) is 0 Å². The molecule has 0 bridgehead atoms. The number of nitrogens with zero attached hydrogens (tertiary/aromatic N) is 2. The van der Waals surface area contributed by atoms with Gasteiger partial charge >= 0.3 is 0 Å². The maximum Gasteiger partial charge on any atom is 0.255 e. The molecule has 0 spiro atoms.